The number of methoxy groups -OCH3 is 1. The van der Waals surface area contributed by atoms with Gasteiger partial charge in [-0.05, 0) is 24.3 Å². The quantitative estimate of drug-likeness (QED) is 0.611. The zero-order valence-electron chi connectivity index (χ0n) is 14.4. The maximum atomic E-state index is 12.7. The first-order valence-electron chi connectivity index (χ1n) is 8.01. The summed E-state index contributed by atoms with van der Waals surface area (Å²) < 4.78 is 48.1. The number of ether oxygens (including phenoxy) is 3. The number of nitrogens with zero attached hydrogens (tertiary/aromatic N) is 2. The molecule has 0 aliphatic carbocycles. The molecule has 4 rings (SSSR count). The van der Waals surface area contributed by atoms with Gasteiger partial charge in [-0.1, -0.05) is 17.4 Å². The van der Waals surface area contributed by atoms with Crippen molar-refractivity contribution in [3.63, 3.8) is 0 Å². The summed E-state index contributed by atoms with van der Waals surface area (Å²) in [5.41, 5.74) is 0.813. The third-order valence-corrected chi connectivity index (χ3v) is 6.48. The SMILES string of the molecule is C=CCn1c(=NS(=O)(=O)c2ccc(OC)cc2)sc2cc3c(cc21)OCO3. The zero-order chi connectivity index (χ0) is 19.0. The van der Waals surface area contributed by atoms with Crippen LogP contribution in [0.25, 0.3) is 10.2 Å². The van der Waals surface area contributed by atoms with E-state index in [1.54, 1.807) is 22.8 Å². The van der Waals surface area contributed by atoms with E-state index in [1.807, 2.05) is 12.1 Å². The Morgan fingerprint density at radius 1 is 1.26 bits per heavy atom. The number of benzene rings is 2. The molecule has 140 valence electrons. The summed E-state index contributed by atoms with van der Waals surface area (Å²) in [6, 6.07) is 9.78. The van der Waals surface area contributed by atoms with E-state index in [4.69, 9.17) is 14.2 Å². The second-order valence-corrected chi connectivity index (χ2v) is 8.31. The Labute approximate surface area is 159 Å². The first-order valence-corrected chi connectivity index (χ1v) is 10.3. The maximum Gasteiger partial charge on any atom is 0.285 e. The second kappa shape index (κ2) is 6.75. The van der Waals surface area contributed by atoms with Crippen molar-refractivity contribution in [3.05, 3.63) is 53.9 Å². The third-order valence-electron chi connectivity index (χ3n) is 4.04. The van der Waals surface area contributed by atoms with Crippen LogP contribution in [0.1, 0.15) is 0 Å². The molecule has 0 atom stereocenters. The number of hydrogen-bond acceptors (Lipinski definition) is 6. The van der Waals surface area contributed by atoms with Crippen LogP contribution in [0.15, 0.2) is 58.3 Å². The Hall–Kier alpha value is -2.78. The van der Waals surface area contributed by atoms with Gasteiger partial charge in [-0.2, -0.15) is 8.42 Å². The average molecular weight is 404 g/mol. The molecule has 1 aromatic heterocycles. The van der Waals surface area contributed by atoms with Gasteiger partial charge in [0.05, 0.1) is 22.2 Å². The minimum atomic E-state index is -3.88. The number of rotatable bonds is 5. The molecule has 2 heterocycles. The number of thiazole rings is 1. The van der Waals surface area contributed by atoms with Crippen LogP contribution in [0.3, 0.4) is 0 Å². The lowest BCUT2D eigenvalue weighted by atomic mass is 10.3. The first kappa shape index (κ1) is 17.6. The van der Waals surface area contributed by atoms with Crippen LogP contribution < -0.4 is 19.0 Å². The van der Waals surface area contributed by atoms with Crippen LogP contribution >= 0.6 is 11.3 Å². The number of aromatic nitrogens is 1. The van der Waals surface area contributed by atoms with E-state index in [9.17, 15) is 8.42 Å². The van der Waals surface area contributed by atoms with Crippen molar-refractivity contribution in [3.8, 4) is 17.2 Å². The van der Waals surface area contributed by atoms with E-state index < -0.39 is 10.0 Å². The van der Waals surface area contributed by atoms with Gasteiger partial charge in [0.25, 0.3) is 10.0 Å². The predicted octanol–water partition coefficient (Wildman–Crippen LogP) is 2.92. The topological polar surface area (TPSA) is 79.1 Å². The van der Waals surface area contributed by atoms with Crippen molar-refractivity contribution in [2.45, 2.75) is 11.4 Å². The monoisotopic (exact) mass is 404 g/mol. The minimum absolute atomic E-state index is 0.0973. The summed E-state index contributed by atoms with van der Waals surface area (Å²) >= 11 is 1.27. The van der Waals surface area contributed by atoms with Gasteiger partial charge in [-0.15, -0.1) is 11.0 Å². The lowest BCUT2D eigenvalue weighted by Crippen LogP contribution is -2.16. The molecule has 2 aromatic carbocycles. The second-order valence-electron chi connectivity index (χ2n) is 5.70. The van der Waals surface area contributed by atoms with Crippen molar-refractivity contribution in [2.75, 3.05) is 13.9 Å². The van der Waals surface area contributed by atoms with E-state index >= 15 is 0 Å². The minimum Gasteiger partial charge on any atom is -0.497 e. The molecular formula is C18H16N2O5S2. The van der Waals surface area contributed by atoms with Crippen molar-refractivity contribution >= 4 is 31.6 Å². The lowest BCUT2D eigenvalue weighted by molar-refractivity contribution is 0.174. The van der Waals surface area contributed by atoms with Gasteiger partial charge in [0.15, 0.2) is 11.5 Å². The van der Waals surface area contributed by atoms with Crippen LogP contribution in [-0.4, -0.2) is 26.9 Å². The summed E-state index contributed by atoms with van der Waals surface area (Å²) in [4.78, 5) is 0.449. The highest BCUT2D eigenvalue weighted by Crippen LogP contribution is 2.37. The molecule has 0 saturated heterocycles. The highest BCUT2D eigenvalue weighted by Gasteiger charge is 2.19. The molecule has 0 N–H and O–H groups in total. The van der Waals surface area contributed by atoms with Crippen LogP contribution in [0.4, 0.5) is 0 Å². The summed E-state index contributed by atoms with van der Waals surface area (Å²) in [5.74, 6) is 1.84. The fourth-order valence-corrected chi connectivity index (χ4v) is 4.99. The first-order chi connectivity index (χ1) is 13.0. The van der Waals surface area contributed by atoms with Gasteiger partial charge >= 0.3 is 0 Å². The molecular weight excluding hydrogens is 388 g/mol. The Bertz CT molecular complexity index is 1190. The Kier molecular flexibility index (Phi) is 4.40. The molecule has 0 unspecified atom stereocenters. The van der Waals surface area contributed by atoms with Crippen molar-refractivity contribution in [2.24, 2.45) is 4.40 Å². The lowest BCUT2D eigenvalue weighted by Gasteiger charge is -2.03. The number of allylic oxidation sites excluding steroid dienone is 1. The third kappa shape index (κ3) is 3.19. The van der Waals surface area contributed by atoms with Gasteiger partial charge in [0, 0.05) is 18.7 Å². The molecule has 9 heteroatoms. The summed E-state index contributed by atoms with van der Waals surface area (Å²) in [6.45, 7) is 4.34. The largest absolute Gasteiger partial charge is 0.497 e. The molecule has 7 nitrogen and oxygen atoms in total. The zero-order valence-corrected chi connectivity index (χ0v) is 16.0. The molecule has 0 spiro atoms. The maximum absolute atomic E-state index is 12.7. The molecule has 3 aromatic rings. The van der Waals surface area contributed by atoms with Crippen LogP contribution in [-0.2, 0) is 16.6 Å². The summed E-state index contributed by atoms with van der Waals surface area (Å²) in [6.07, 6.45) is 1.69. The van der Waals surface area contributed by atoms with Crippen molar-refractivity contribution < 1.29 is 22.6 Å². The molecule has 0 bridgehead atoms. The smallest absolute Gasteiger partial charge is 0.285 e. The van der Waals surface area contributed by atoms with Gasteiger partial charge in [0.1, 0.15) is 5.75 Å². The Morgan fingerprint density at radius 2 is 1.96 bits per heavy atom. The Morgan fingerprint density at radius 3 is 2.63 bits per heavy atom. The highest BCUT2D eigenvalue weighted by atomic mass is 32.2. The number of hydrogen-bond donors (Lipinski definition) is 0. The molecule has 1 aliphatic heterocycles. The molecule has 1 aliphatic rings. The molecule has 0 fully saturated rings. The van der Waals surface area contributed by atoms with Gasteiger partial charge < -0.3 is 18.8 Å². The number of sulfonamides is 1. The van der Waals surface area contributed by atoms with E-state index in [1.165, 1.54) is 30.6 Å². The molecule has 0 amide bonds. The van der Waals surface area contributed by atoms with Gasteiger partial charge in [-0.3, -0.25) is 0 Å². The Balaban J connectivity index is 1.88. The van der Waals surface area contributed by atoms with Crippen LogP contribution in [0.5, 0.6) is 17.2 Å². The van der Waals surface area contributed by atoms with Crippen molar-refractivity contribution in [1.82, 2.24) is 4.57 Å². The summed E-state index contributed by atoms with van der Waals surface area (Å²) in [7, 11) is -2.35. The average Bonchev–Trinajstić information content (AvgIpc) is 3.24. The molecule has 27 heavy (non-hydrogen) atoms. The van der Waals surface area contributed by atoms with Gasteiger partial charge in [0.2, 0.25) is 11.6 Å². The fraction of sp³-hybridized carbons (Fsp3) is 0.167. The predicted molar refractivity (Wildman–Crippen MR) is 102 cm³/mol. The fourth-order valence-electron chi connectivity index (χ4n) is 2.74. The van der Waals surface area contributed by atoms with E-state index in [0.717, 1.165) is 10.2 Å². The number of fused-ring (bicyclic) bond motifs is 2. The summed E-state index contributed by atoms with van der Waals surface area (Å²) in [5, 5.41) is 0. The standard InChI is InChI=1S/C18H16N2O5S2/c1-3-8-20-14-9-15-16(25-11-24-15)10-17(14)26-18(20)19-27(21,22)13-6-4-12(23-2)5-7-13/h3-7,9-10H,1,8,11H2,2H3. The normalized spacial score (nSPS) is 13.9. The molecule has 0 radical (unpaired) electrons. The van der Waals surface area contributed by atoms with E-state index in [2.05, 4.69) is 11.0 Å². The van der Waals surface area contributed by atoms with E-state index in [-0.39, 0.29) is 11.7 Å². The van der Waals surface area contributed by atoms with Crippen molar-refractivity contribution in [1.29, 1.82) is 0 Å². The van der Waals surface area contributed by atoms with E-state index in [0.29, 0.717) is 28.6 Å². The molecule has 0 saturated carbocycles. The van der Waals surface area contributed by atoms with Gasteiger partial charge in [-0.25, -0.2) is 0 Å². The van der Waals surface area contributed by atoms with Crippen LogP contribution in [0.2, 0.25) is 0 Å². The van der Waals surface area contributed by atoms with Crippen LogP contribution in [0, 0.1) is 0 Å². The highest BCUT2D eigenvalue weighted by molar-refractivity contribution is 7.90.